The first-order valence-electron chi connectivity index (χ1n) is 8.72. The third kappa shape index (κ3) is 3.78. The van der Waals surface area contributed by atoms with Crippen molar-refractivity contribution in [2.24, 2.45) is 0 Å². The molecule has 0 atom stereocenters. The number of carbonyl (C=O) groups is 1. The van der Waals surface area contributed by atoms with Gasteiger partial charge in [0.15, 0.2) is 0 Å². The van der Waals surface area contributed by atoms with E-state index in [2.05, 4.69) is 36.2 Å². The van der Waals surface area contributed by atoms with Crippen molar-refractivity contribution >= 4 is 5.91 Å². The quantitative estimate of drug-likeness (QED) is 0.916. The number of likely N-dealkylation sites (tertiary alicyclic amines) is 1. The van der Waals surface area contributed by atoms with Crippen molar-refractivity contribution in [3.8, 4) is 5.75 Å². The number of rotatable bonds is 5. The summed E-state index contributed by atoms with van der Waals surface area (Å²) >= 11 is 0. The number of nitrogens with zero attached hydrogens (tertiary/aromatic N) is 2. The lowest BCUT2D eigenvalue weighted by atomic mass is 10.1. The van der Waals surface area contributed by atoms with Crippen LogP contribution in [0.15, 0.2) is 30.5 Å². The summed E-state index contributed by atoms with van der Waals surface area (Å²) in [5, 5.41) is 6.99. The molecule has 2 heterocycles. The van der Waals surface area contributed by atoms with Gasteiger partial charge in [-0.15, -0.1) is 0 Å². The second-order valence-corrected chi connectivity index (χ2v) is 6.44. The van der Waals surface area contributed by atoms with Crippen molar-refractivity contribution in [3.05, 3.63) is 47.3 Å². The van der Waals surface area contributed by atoms with Gasteiger partial charge < -0.3 is 9.64 Å². The van der Waals surface area contributed by atoms with Gasteiger partial charge >= 0.3 is 0 Å². The molecular weight excluding hydrogens is 302 g/mol. The SMILES string of the molecule is CCCc1[nH]ncc1C(=O)N1CCC(Oc2cccc(C)c2)CC1. The first kappa shape index (κ1) is 16.6. The molecule has 1 aliphatic rings. The van der Waals surface area contributed by atoms with Crippen LogP contribution in [-0.4, -0.2) is 40.2 Å². The third-order valence-electron chi connectivity index (χ3n) is 4.47. The van der Waals surface area contributed by atoms with E-state index in [4.69, 9.17) is 4.74 Å². The normalized spacial score (nSPS) is 15.5. The molecule has 1 fully saturated rings. The van der Waals surface area contributed by atoms with E-state index >= 15 is 0 Å². The molecule has 1 saturated heterocycles. The number of nitrogens with one attached hydrogen (secondary N) is 1. The first-order chi connectivity index (χ1) is 11.7. The van der Waals surface area contributed by atoms with Crippen LogP contribution in [-0.2, 0) is 6.42 Å². The molecule has 128 valence electrons. The number of ether oxygens (including phenoxy) is 1. The van der Waals surface area contributed by atoms with Crippen LogP contribution >= 0.6 is 0 Å². The topological polar surface area (TPSA) is 58.2 Å². The minimum absolute atomic E-state index is 0.0844. The Morgan fingerprint density at radius 1 is 1.38 bits per heavy atom. The Kier molecular flexibility index (Phi) is 5.18. The van der Waals surface area contributed by atoms with Crippen molar-refractivity contribution < 1.29 is 9.53 Å². The second-order valence-electron chi connectivity index (χ2n) is 6.44. The maximum Gasteiger partial charge on any atom is 0.257 e. The molecule has 24 heavy (non-hydrogen) atoms. The predicted molar refractivity (Wildman–Crippen MR) is 93.3 cm³/mol. The molecule has 1 N–H and O–H groups in total. The van der Waals surface area contributed by atoms with E-state index in [-0.39, 0.29) is 12.0 Å². The Balaban J connectivity index is 1.56. The fourth-order valence-electron chi connectivity index (χ4n) is 3.17. The molecule has 0 spiro atoms. The van der Waals surface area contributed by atoms with Gasteiger partial charge in [0.05, 0.1) is 11.8 Å². The number of aromatic amines is 1. The summed E-state index contributed by atoms with van der Waals surface area (Å²) < 4.78 is 6.06. The van der Waals surface area contributed by atoms with E-state index in [1.54, 1.807) is 6.20 Å². The van der Waals surface area contributed by atoms with Gasteiger partial charge in [-0.3, -0.25) is 9.89 Å². The van der Waals surface area contributed by atoms with Gasteiger partial charge in [-0.1, -0.05) is 25.5 Å². The Labute approximate surface area is 143 Å². The fourth-order valence-corrected chi connectivity index (χ4v) is 3.17. The van der Waals surface area contributed by atoms with Gasteiger partial charge in [-0.05, 0) is 31.0 Å². The molecule has 0 unspecified atom stereocenters. The number of amides is 1. The van der Waals surface area contributed by atoms with E-state index in [1.807, 2.05) is 17.0 Å². The molecule has 0 saturated carbocycles. The molecule has 3 rings (SSSR count). The van der Waals surface area contributed by atoms with Crippen LogP contribution in [0, 0.1) is 6.92 Å². The van der Waals surface area contributed by atoms with Gasteiger partial charge in [0, 0.05) is 31.6 Å². The summed E-state index contributed by atoms with van der Waals surface area (Å²) in [6.07, 6.45) is 5.41. The number of hydrogen-bond donors (Lipinski definition) is 1. The number of aryl methyl sites for hydroxylation is 2. The highest BCUT2D eigenvalue weighted by atomic mass is 16.5. The van der Waals surface area contributed by atoms with Crippen molar-refractivity contribution in [1.29, 1.82) is 0 Å². The predicted octanol–water partition coefficient (Wildman–Crippen LogP) is 3.35. The van der Waals surface area contributed by atoms with Crippen LogP contribution in [0.5, 0.6) is 5.75 Å². The van der Waals surface area contributed by atoms with E-state index in [0.717, 1.165) is 55.8 Å². The summed E-state index contributed by atoms with van der Waals surface area (Å²) in [5.41, 5.74) is 2.86. The van der Waals surface area contributed by atoms with Crippen molar-refractivity contribution in [2.75, 3.05) is 13.1 Å². The van der Waals surface area contributed by atoms with E-state index < -0.39 is 0 Å². The molecule has 5 nitrogen and oxygen atoms in total. The third-order valence-corrected chi connectivity index (χ3v) is 4.47. The molecule has 0 radical (unpaired) electrons. The highest BCUT2D eigenvalue weighted by Crippen LogP contribution is 2.21. The highest BCUT2D eigenvalue weighted by molar-refractivity contribution is 5.95. The number of H-pyrrole nitrogens is 1. The van der Waals surface area contributed by atoms with Crippen LogP contribution in [0.1, 0.15) is 47.8 Å². The lowest BCUT2D eigenvalue weighted by Crippen LogP contribution is -2.42. The van der Waals surface area contributed by atoms with E-state index in [0.29, 0.717) is 0 Å². The standard InChI is InChI=1S/C19H25N3O2/c1-3-5-18-17(13-20-21-18)19(23)22-10-8-15(9-11-22)24-16-7-4-6-14(2)12-16/h4,6-7,12-13,15H,3,5,8-11H2,1-2H3,(H,20,21). The summed E-state index contributed by atoms with van der Waals surface area (Å²) in [4.78, 5) is 14.6. The maximum absolute atomic E-state index is 12.7. The van der Waals surface area contributed by atoms with Gasteiger partial charge in [-0.25, -0.2) is 0 Å². The number of carbonyl (C=O) groups excluding carboxylic acids is 1. The molecule has 5 heteroatoms. The molecule has 2 aromatic rings. The number of benzene rings is 1. The van der Waals surface area contributed by atoms with Crippen LogP contribution in [0.25, 0.3) is 0 Å². The Bertz CT molecular complexity index is 687. The summed E-state index contributed by atoms with van der Waals surface area (Å²) in [6, 6.07) is 8.12. The zero-order chi connectivity index (χ0) is 16.9. The summed E-state index contributed by atoms with van der Waals surface area (Å²) in [6.45, 7) is 5.62. The summed E-state index contributed by atoms with van der Waals surface area (Å²) in [7, 11) is 0. The number of piperidine rings is 1. The van der Waals surface area contributed by atoms with Crippen molar-refractivity contribution in [2.45, 2.75) is 45.6 Å². The first-order valence-corrected chi connectivity index (χ1v) is 8.72. The lowest BCUT2D eigenvalue weighted by Gasteiger charge is -2.32. The highest BCUT2D eigenvalue weighted by Gasteiger charge is 2.26. The lowest BCUT2D eigenvalue weighted by molar-refractivity contribution is 0.0594. The largest absolute Gasteiger partial charge is 0.490 e. The molecule has 1 aromatic heterocycles. The minimum Gasteiger partial charge on any atom is -0.490 e. The van der Waals surface area contributed by atoms with Crippen molar-refractivity contribution in [1.82, 2.24) is 15.1 Å². The van der Waals surface area contributed by atoms with E-state index in [1.165, 1.54) is 5.56 Å². The zero-order valence-corrected chi connectivity index (χ0v) is 14.4. The second kappa shape index (κ2) is 7.51. The maximum atomic E-state index is 12.7. The molecular formula is C19H25N3O2. The molecule has 1 aliphatic heterocycles. The molecule has 0 bridgehead atoms. The number of aromatic nitrogens is 2. The van der Waals surface area contributed by atoms with Gasteiger partial charge in [0.25, 0.3) is 5.91 Å². The smallest absolute Gasteiger partial charge is 0.257 e. The van der Waals surface area contributed by atoms with Gasteiger partial charge in [0.2, 0.25) is 0 Å². The van der Waals surface area contributed by atoms with Gasteiger partial charge in [0.1, 0.15) is 11.9 Å². The van der Waals surface area contributed by atoms with Crippen LogP contribution in [0.4, 0.5) is 0 Å². The number of hydrogen-bond acceptors (Lipinski definition) is 3. The molecule has 1 amide bonds. The van der Waals surface area contributed by atoms with E-state index in [9.17, 15) is 4.79 Å². The van der Waals surface area contributed by atoms with Crippen LogP contribution in [0.2, 0.25) is 0 Å². The van der Waals surface area contributed by atoms with Crippen LogP contribution < -0.4 is 4.74 Å². The molecule has 1 aromatic carbocycles. The Morgan fingerprint density at radius 3 is 2.88 bits per heavy atom. The van der Waals surface area contributed by atoms with Crippen LogP contribution in [0.3, 0.4) is 0 Å². The average molecular weight is 327 g/mol. The zero-order valence-electron chi connectivity index (χ0n) is 14.4. The van der Waals surface area contributed by atoms with Crippen molar-refractivity contribution in [3.63, 3.8) is 0 Å². The molecule has 0 aliphatic carbocycles. The van der Waals surface area contributed by atoms with Gasteiger partial charge in [-0.2, -0.15) is 5.10 Å². The monoisotopic (exact) mass is 327 g/mol. The minimum atomic E-state index is 0.0844. The Morgan fingerprint density at radius 2 is 2.17 bits per heavy atom. The summed E-state index contributed by atoms with van der Waals surface area (Å²) in [5.74, 6) is 1.00. The average Bonchev–Trinajstić information content (AvgIpc) is 3.04. The Hall–Kier alpha value is -2.30. The fraction of sp³-hybridized carbons (Fsp3) is 0.474.